The Balaban J connectivity index is 2.68. The van der Waals surface area contributed by atoms with E-state index in [9.17, 15) is 0 Å². The molecule has 1 rings (SSSR count). The molecule has 0 heterocycles. The molecule has 0 amide bonds. The van der Waals surface area contributed by atoms with Crippen molar-refractivity contribution < 1.29 is 0 Å². The zero-order valence-electron chi connectivity index (χ0n) is 11.2. The monoisotopic (exact) mass is 226 g/mol. The van der Waals surface area contributed by atoms with Crippen molar-refractivity contribution >= 4 is 5.96 Å². The second-order valence-electron chi connectivity index (χ2n) is 6.47. The van der Waals surface area contributed by atoms with Gasteiger partial charge in [0.2, 0.25) is 5.96 Å². The normalized spacial score (nSPS) is 25.2. The zero-order chi connectivity index (χ0) is 12.4. The summed E-state index contributed by atoms with van der Waals surface area (Å²) in [4.78, 5) is 4.07. The number of nitrogens with zero attached hydrogens (tertiary/aromatic N) is 1. The summed E-state index contributed by atoms with van der Waals surface area (Å²) in [6, 6.07) is 0.452. The van der Waals surface area contributed by atoms with E-state index in [1.54, 1.807) is 7.05 Å². The van der Waals surface area contributed by atoms with Crippen molar-refractivity contribution in [2.75, 3.05) is 7.05 Å². The van der Waals surface area contributed by atoms with Gasteiger partial charge in [0.1, 0.15) is 0 Å². The predicted octanol–water partition coefficient (Wildman–Crippen LogP) is 1.63. The standard InChI is InChI=1S/C12H26N4/c1-11(2)6-9(7-12(3,4)8-11)15-10(14-5)16-13/h9H,6-8,13H2,1-5H3,(H2,14,15,16). The molecule has 0 aromatic rings. The highest BCUT2D eigenvalue weighted by atomic mass is 15.3. The van der Waals surface area contributed by atoms with Crippen LogP contribution in [0.4, 0.5) is 0 Å². The van der Waals surface area contributed by atoms with Crippen molar-refractivity contribution in [1.29, 1.82) is 0 Å². The summed E-state index contributed by atoms with van der Waals surface area (Å²) >= 11 is 0. The first-order valence-electron chi connectivity index (χ1n) is 5.98. The van der Waals surface area contributed by atoms with Gasteiger partial charge in [0.25, 0.3) is 0 Å². The Labute approximate surface area is 99.1 Å². The van der Waals surface area contributed by atoms with E-state index >= 15 is 0 Å². The molecule has 4 heteroatoms. The first kappa shape index (κ1) is 13.3. The molecule has 0 atom stereocenters. The SMILES string of the molecule is CN=C(NN)NC1CC(C)(C)CC(C)(C)C1. The average molecular weight is 226 g/mol. The summed E-state index contributed by atoms with van der Waals surface area (Å²) in [6.45, 7) is 9.34. The van der Waals surface area contributed by atoms with E-state index in [1.807, 2.05) is 0 Å². The second kappa shape index (κ2) is 4.62. The van der Waals surface area contributed by atoms with Gasteiger partial charge in [0, 0.05) is 13.1 Å². The summed E-state index contributed by atoms with van der Waals surface area (Å²) < 4.78 is 0. The maximum atomic E-state index is 5.39. The molecule has 0 spiro atoms. The molecule has 1 saturated carbocycles. The molecule has 0 radical (unpaired) electrons. The number of guanidine groups is 1. The fraction of sp³-hybridized carbons (Fsp3) is 0.917. The molecule has 4 nitrogen and oxygen atoms in total. The van der Waals surface area contributed by atoms with Gasteiger partial charge in [-0.1, -0.05) is 27.7 Å². The minimum absolute atomic E-state index is 0.382. The Hall–Kier alpha value is -0.770. The average Bonchev–Trinajstić information content (AvgIpc) is 2.09. The molecular weight excluding hydrogens is 200 g/mol. The molecule has 0 unspecified atom stereocenters. The van der Waals surface area contributed by atoms with Crippen molar-refractivity contribution in [2.24, 2.45) is 21.7 Å². The highest BCUT2D eigenvalue weighted by Crippen LogP contribution is 2.45. The molecule has 4 N–H and O–H groups in total. The van der Waals surface area contributed by atoms with Crippen molar-refractivity contribution in [3.8, 4) is 0 Å². The Bertz CT molecular complexity index is 252. The van der Waals surface area contributed by atoms with E-state index in [1.165, 1.54) is 6.42 Å². The molecule has 0 aromatic heterocycles. The first-order valence-corrected chi connectivity index (χ1v) is 5.98. The number of nitrogens with two attached hydrogens (primary N) is 1. The Kier molecular flexibility index (Phi) is 3.84. The lowest BCUT2D eigenvalue weighted by atomic mass is 9.63. The third kappa shape index (κ3) is 3.67. The Morgan fingerprint density at radius 1 is 1.19 bits per heavy atom. The highest BCUT2D eigenvalue weighted by Gasteiger charge is 2.38. The van der Waals surface area contributed by atoms with E-state index in [4.69, 9.17) is 5.84 Å². The largest absolute Gasteiger partial charge is 0.353 e. The van der Waals surface area contributed by atoms with Crippen molar-refractivity contribution in [1.82, 2.24) is 10.7 Å². The maximum absolute atomic E-state index is 5.39. The summed E-state index contributed by atoms with van der Waals surface area (Å²) in [5, 5.41) is 3.38. The van der Waals surface area contributed by atoms with E-state index in [-0.39, 0.29) is 0 Å². The third-order valence-corrected chi connectivity index (χ3v) is 3.26. The predicted molar refractivity (Wildman–Crippen MR) is 69.0 cm³/mol. The highest BCUT2D eigenvalue weighted by molar-refractivity contribution is 5.79. The smallest absolute Gasteiger partial charge is 0.205 e. The number of hydrogen-bond acceptors (Lipinski definition) is 2. The van der Waals surface area contributed by atoms with Crippen LogP contribution in [-0.4, -0.2) is 19.0 Å². The van der Waals surface area contributed by atoms with Gasteiger partial charge in [-0.05, 0) is 30.1 Å². The van der Waals surface area contributed by atoms with Gasteiger partial charge in [-0.15, -0.1) is 0 Å². The molecule has 94 valence electrons. The summed E-state index contributed by atoms with van der Waals surface area (Å²) in [5.74, 6) is 6.07. The van der Waals surface area contributed by atoms with Crippen LogP contribution in [0.25, 0.3) is 0 Å². The maximum Gasteiger partial charge on any atom is 0.205 e. The number of hydrogen-bond donors (Lipinski definition) is 3. The molecule has 1 aliphatic rings. The van der Waals surface area contributed by atoms with Gasteiger partial charge in [0.15, 0.2) is 0 Å². The molecule has 16 heavy (non-hydrogen) atoms. The van der Waals surface area contributed by atoms with Crippen LogP contribution in [0.2, 0.25) is 0 Å². The van der Waals surface area contributed by atoms with Crippen molar-refractivity contribution in [3.63, 3.8) is 0 Å². The molecule has 0 saturated heterocycles. The van der Waals surface area contributed by atoms with Crippen LogP contribution < -0.4 is 16.6 Å². The minimum atomic E-state index is 0.382. The molecule has 0 aromatic carbocycles. The minimum Gasteiger partial charge on any atom is -0.353 e. The Morgan fingerprint density at radius 3 is 2.06 bits per heavy atom. The molecule has 1 aliphatic carbocycles. The number of aliphatic imine (C=N–C) groups is 1. The van der Waals surface area contributed by atoms with Gasteiger partial charge in [-0.25, -0.2) is 5.84 Å². The van der Waals surface area contributed by atoms with Gasteiger partial charge >= 0.3 is 0 Å². The van der Waals surface area contributed by atoms with Crippen LogP contribution in [0.5, 0.6) is 0 Å². The third-order valence-electron chi connectivity index (χ3n) is 3.26. The lowest BCUT2D eigenvalue weighted by molar-refractivity contribution is 0.0918. The molecular formula is C12H26N4. The zero-order valence-corrected chi connectivity index (χ0v) is 11.2. The van der Waals surface area contributed by atoms with E-state index in [0.717, 1.165) is 12.8 Å². The topological polar surface area (TPSA) is 62.4 Å². The van der Waals surface area contributed by atoms with Gasteiger partial charge in [0.05, 0.1) is 0 Å². The molecule has 1 fully saturated rings. The molecule has 0 aliphatic heterocycles. The van der Waals surface area contributed by atoms with E-state index in [0.29, 0.717) is 22.8 Å². The Morgan fingerprint density at radius 2 is 1.69 bits per heavy atom. The lowest BCUT2D eigenvalue weighted by Crippen LogP contribution is -2.51. The second-order valence-corrected chi connectivity index (χ2v) is 6.47. The fourth-order valence-electron chi connectivity index (χ4n) is 3.31. The number of rotatable bonds is 1. The first-order chi connectivity index (χ1) is 7.28. The van der Waals surface area contributed by atoms with Crippen LogP contribution in [0.1, 0.15) is 47.0 Å². The van der Waals surface area contributed by atoms with Crippen molar-refractivity contribution in [3.05, 3.63) is 0 Å². The van der Waals surface area contributed by atoms with Gasteiger partial charge in [-0.2, -0.15) is 0 Å². The van der Waals surface area contributed by atoms with Gasteiger partial charge < -0.3 is 5.32 Å². The van der Waals surface area contributed by atoms with Crippen LogP contribution in [0.3, 0.4) is 0 Å². The van der Waals surface area contributed by atoms with Gasteiger partial charge in [-0.3, -0.25) is 10.4 Å². The van der Waals surface area contributed by atoms with Crippen LogP contribution in [-0.2, 0) is 0 Å². The summed E-state index contributed by atoms with van der Waals surface area (Å²) in [7, 11) is 1.74. The van der Waals surface area contributed by atoms with Crippen LogP contribution in [0.15, 0.2) is 4.99 Å². The number of nitrogens with one attached hydrogen (secondary N) is 2. The number of hydrazine groups is 1. The fourth-order valence-corrected chi connectivity index (χ4v) is 3.31. The lowest BCUT2D eigenvalue weighted by Gasteiger charge is -2.45. The van der Waals surface area contributed by atoms with E-state index in [2.05, 4.69) is 43.4 Å². The summed E-state index contributed by atoms with van der Waals surface area (Å²) in [5.41, 5.74) is 3.36. The summed E-state index contributed by atoms with van der Waals surface area (Å²) in [6.07, 6.45) is 3.60. The van der Waals surface area contributed by atoms with Crippen LogP contribution >= 0.6 is 0 Å². The van der Waals surface area contributed by atoms with Crippen LogP contribution in [0, 0.1) is 10.8 Å². The van der Waals surface area contributed by atoms with E-state index < -0.39 is 0 Å². The van der Waals surface area contributed by atoms with Crippen molar-refractivity contribution in [2.45, 2.75) is 53.0 Å². The quantitative estimate of drug-likeness (QED) is 0.276. The molecule has 0 bridgehead atoms.